The predicted molar refractivity (Wildman–Crippen MR) is 485 cm³/mol. The summed E-state index contributed by atoms with van der Waals surface area (Å²) < 4.78 is 0. The Labute approximate surface area is 759 Å². The third kappa shape index (κ3) is 35.7. The number of carbonyl (C=O) groups excluding carboxylic acids is 12. The summed E-state index contributed by atoms with van der Waals surface area (Å²) in [4.78, 5) is 200. The lowest BCUT2D eigenvalue weighted by Crippen LogP contribution is -2.84. The molecule has 131 heavy (non-hydrogen) atoms. The standard InChI is InChI=1S/2C31H41N7O6.C30H39N7O6/c1-19(2)15-24(27(40)34-22(18-39)16-20-9-5-3-6-10-20)35-28(41)26(23-13-14-33-30(32)36-23)38-31(44)37-25(29(42)43)17-21-11-7-4-8-12-21;1-3-19(2)25(27(40)34-22(18-39)16-20-10-6-4-7-11-20)37-28(41)26(23-14-15-33-30(32)35-23)38-31(44)36-24(29(42)43)17-21-12-8-5-9-13-21;1-18(2)24(26(39)33-21(17-38)15-19-9-5-3-6-10-19)36-27(40)25(22-13-14-32-29(31)34-22)37-30(43)35-23(28(41)42)16-20-11-7-4-8-12-20/h3-12,18-19,22-26H,13-17H2,1-2H3,(H,34,40)(H,35,41)(H,42,43)(H3,32,33,36)(H2,37,38,44);4-13,18-19,22-26H,3,14-17H2,1-2H3,(H,34,40)(H,37,41)(H,42,43)(H3,32,33,35)(H2,36,38,44);3-12,17-18,21-25H,13-16H2,1-2H3,(H,33,39)(H,36,40)(H,41,42)(H3,31,32,34)(H2,35,37,43)/p+3. The van der Waals surface area contributed by atoms with Crippen LogP contribution in [-0.4, -0.2) is 234 Å². The number of amides is 12. The second kappa shape index (κ2) is 53.7. The van der Waals surface area contributed by atoms with E-state index in [0.29, 0.717) is 80.9 Å². The van der Waals surface area contributed by atoms with Crippen molar-refractivity contribution in [1.82, 2.24) is 79.8 Å². The monoisotopic (exact) mass is 1810 g/mol. The van der Waals surface area contributed by atoms with Gasteiger partial charge in [-0.1, -0.05) is 230 Å². The largest absolute Gasteiger partial charge is 0.480 e. The molecule has 0 aliphatic carbocycles. The molecule has 0 fully saturated rings. The molecule has 0 radical (unpaired) electrons. The number of hydrogen-bond acceptors (Lipinski definition) is 21. The number of guanidine groups is 3. The number of aliphatic carboxylic acids is 3. The Morgan fingerprint density at radius 1 is 0.344 bits per heavy atom. The van der Waals surface area contributed by atoms with Crippen molar-refractivity contribution in [1.29, 1.82) is 0 Å². The zero-order valence-electron chi connectivity index (χ0n) is 74.0. The number of carboxylic acid groups (broad SMARTS) is 3. The summed E-state index contributed by atoms with van der Waals surface area (Å²) in [6, 6.07) is 36.5. The van der Waals surface area contributed by atoms with Gasteiger partial charge in [-0.25, -0.2) is 28.8 Å². The van der Waals surface area contributed by atoms with Crippen LogP contribution in [0.2, 0.25) is 0 Å². The van der Waals surface area contributed by atoms with Gasteiger partial charge in [0.25, 0.3) is 0 Å². The van der Waals surface area contributed by atoms with Crippen molar-refractivity contribution in [2.75, 3.05) is 19.6 Å². The van der Waals surface area contributed by atoms with Crippen molar-refractivity contribution in [2.45, 2.75) is 203 Å². The molecule has 3 aliphatic heterocycles. The zero-order chi connectivity index (χ0) is 95.5. The predicted octanol–water partition coefficient (Wildman–Crippen LogP) is -4.70. The van der Waals surface area contributed by atoms with Gasteiger partial charge in [-0.15, -0.1) is 0 Å². The van der Waals surface area contributed by atoms with E-state index in [1.54, 1.807) is 112 Å². The molecule has 12 amide bonds. The molecule has 0 aromatic heterocycles. The molecule has 0 bridgehead atoms. The number of benzene rings is 6. The molecule has 0 spiro atoms. The highest BCUT2D eigenvalue weighted by atomic mass is 16.4. The van der Waals surface area contributed by atoms with Crippen molar-refractivity contribution in [3.8, 4) is 0 Å². The fourth-order valence-corrected chi connectivity index (χ4v) is 14.5. The minimum absolute atomic E-state index is 0.000132. The van der Waals surface area contributed by atoms with Crippen molar-refractivity contribution in [3.63, 3.8) is 0 Å². The summed E-state index contributed by atoms with van der Waals surface area (Å²) in [6.07, 6.45) is 4.84. The normalized spacial score (nSPS) is 17.3. The Morgan fingerprint density at radius 3 is 0.855 bits per heavy atom. The van der Waals surface area contributed by atoms with E-state index in [0.717, 1.165) is 16.7 Å². The highest BCUT2D eigenvalue weighted by Crippen LogP contribution is 2.17. The van der Waals surface area contributed by atoms with Gasteiger partial charge in [0.1, 0.15) is 91.4 Å². The van der Waals surface area contributed by atoms with Crippen LogP contribution in [0.1, 0.15) is 107 Å². The van der Waals surface area contributed by atoms with Gasteiger partial charge in [0.05, 0.1) is 37.8 Å². The summed E-state index contributed by atoms with van der Waals surface area (Å²) in [5, 5.41) is 69.4. The summed E-state index contributed by atoms with van der Waals surface area (Å²) in [6.45, 7) is 12.2. The van der Waals surface area contributed by atoms with E-state index in [2.05, 4.69) is 94.7 Å². The highest BCUT2D eigenvalue weighted by Gasteiger charge is 2.42. The van der Waals surface area contributed by atoms with Gasteiger partial charge < -0.3 is 93.5 Å². The second-order valence-electron chi connectivity index (χ2n) is 32.8. The fraction of sp³-hybridized carbons (Fsp3) is 0.413. The lowest BCUT2D eigenvalue weighted by molar-refractivity contribution is -0.467. The van der Waals surface area contributed by atoms with Crippen LogP contribution >= 0.6 is 0 Å². The maximum Gasteiger partial charge on any atom is 0.341 e. The van der Waals surface area contributed by atoms with Crippen LogP contribution in [0.5, 0.6) is 0 Å². The van der Waals surface area contributed by atoms with E-state index in [4.69, 9.17) is 17.2 Å². The third-order valence-electron chi connectivity index (χ3n) is 21.7. The van der Waals surface area contributed by atoms with Crippen molar-refractivity contribution < 1.29 is 102 Å². The number of urea groups is 3. The Kier molecular flexibility index (Phi) is 42.3. The summed E-state index contributed by atoms with van der Waals surface area (Å²) in [5.74, 6) is -7.46. The number of rotatable bonds is 44. The molecule has 3 heterocycles. The first-order chi connectivity index (χ1) is 62.7. The van der Waals surface area contributed by atoms with Crippen LogP contribution in [0.4, 0.5) is 14.4 Å². The van der Waals surface area contributed by atoms with Gasteiger partial charge >= 0.3 is 53.9 Å². The third-order valence-corrected chi connectivity index (χ3v) is 21.7. The molecule has 16 atom stereocenters. The van der Waals surface area contributed by atoms with Crippen LogP contribution in [0, 0.1) is 17.8 Å². The summed E-state index contributed by atoms with van der Waals surface area (Å²) in [7, 11) is 0. The maximum atomic E-state index is 13.7. The first kappa shape index (κ1) is 103. The molecule has 39 nitrogen and oxygen atoms in total. The first-order valence-corrected chi connectivity index (χ1v) is 43.4. The Bertz CT molecular complexity index is 4850. The number of aldehydes is 3. The maximum absolute atomic E-state index is 13.7. The van der Waals surface area contributed by atoms with Crippen LogP contribution in [0.25, 0.3) is 0 Å². The van der Waals surface area contributed by atoms with Gasteiger partial charge in [-0.3, -0.25) is 76.9 Å². The molecule has 6 aromatic rings. The van der Waals surface area contributed by atoms with Gasteiger partial charge in [0.2, 0.25) is 35.4 Å². The van der Waals surface area contributed by atoms with E-state index in [-0.39, 0.29) is 80.6 Å². The molecule has 0 saturated heterocycles. The Balaban J connectivity index is 0.000000269. The molecular formula is C92H124N21O18+3. The van der Waals surface area contributed by atoms with Gasteiger partial charge in [0.15, 0.2) is 0 Å². The number of hydrogen-bond donors (Lipinski definition) is 24. The molecule has 27 N–H and O–H groups in total. The van der Waals surface area contributed by atoms with Crippen molar-refractivity contribution in [2.24, 2.45) is 35.0 Å². The Hall–Kier alpha value is -14.8. The molecule has 702 valence electrons. The summed E-state index contributed by atoms with van der Waals surface area (Å²) >= 11 is 0. The van der Waals surface area contributed by atoms with Gasteiger partial charge in [0, 0.05) is 38.5 Å². The van der Waals surface area contributed by atoms with E-state index in [1.165, 1.54) is 0 Å². The van der Waals surface area contributed by atoms with Crippen LogP contribution < -0.4 is 112 Å². The topological polar surface area (TPSA) is 617 Å². The van der Waals surface area contributed by atoms with Gasteiger partial charge in [-0.2, -0.15) is 0 Å². The van der Waals surface area contributed by atoms with Crippen LogP contribution in [0.3, 0.4) is 0 Å². The van der Waals surface area contributed by atoms with E-state index >= 15 is 0 Å². The van der Waals surface area contributed by atoms with E-state index < -0.39 is 162 Å². The zero-order valence-corrected chi connectivity index (χ0v) is 74.0. The van der Waals surface area contributed by atoms with Crippen LogP contribution in [-0.2, 0) is 96.1 Å². The summed E-state index contributed by atoms with van der Waals surface area (Å²) in [5.41, 5.74) is 22.4. The fourth-order valence-electron chi connectivity index (χ4n) is 14.5. The smallest absolute Gasteiger partial charge is 0.341 e. The van der Waals surface area contributed by atoms with Gasteiger partial charge in [-0.05, 0) is 76.8 Å². The number of carbonyl (C=O) groups is 15. The number of nitrogens with two attached hydrogens (primary N) is 3. The average molecular weight is 1810 g/mol. The first-order valence-electron chi connectivity index (χ1n) is 43.4. The Morgan fingerprint density at radius 2 is 0.603 bits per heavy atom. The van der Waals surface area contributed by atoms with Crippen LogP contribution in [0.15, 0.2) is 182 Å². The lowest BCUT2D eigenvalue weighted by Gasteiger charge is -2.31. The molecule has 16 unspecified atom stereocenters. The molecule has 39 heteroatoms. The van der Waals surface area contributed by atoms with Crippen molar-refractivity contribution >= 4 is 108 Å². The van der Waals surface area contributed by atoms with Crippen molar-refractivity contribution in [3.05, 3.63) is 215 Å². The molecule has 3 aliphatic rings. The highest BCUT2D eigenvalue weighted by molar-refractivity contribution is 5.97. The minimum Gasteiger partial charge on any atom is -0.480 e. The second-order valence-corrected chi connectivity index (χ2v) is 32.8. The SMILES string of the molecule is CC(C)C(NC(=O)C(NC(=O)NC(Cc1ccccc1)C(=O)O)C1CC[NH+]=C(N)N1)C(=O)NC(C=O)Cc1ccccc1.CC(C)CC(NC(=O)C(NC(=O)NC(Cc1ccccc1)C(=O)O)C1CC[NH+]=C(N)N1)C(=O)NC(C=O)Cc1ccccc1.CCC(C)C(NC(=O)C(NC(=O)NC(Cc1ccccc1)C(=O)O)C1CC[NH+]=C(N)N1)C(=O)NC(C=O)Cc1ccccc1. The quantitative estimate of drug-likeness (QED) is 0.0160. The molecular weight excluding hydrogens is 1690 g/mol. The molecule has 9 rings (SSSR count). The number of nitrogens with one attached hydrogen (secondary N) is 18. The minimum atomic E-state index is -1.26. The lowest BCUT2D eigenvalue weighted by atomic mass is 9.96. The number of carboxylic acids is 3. The molecule has 0 saturated carbocycles. The van der Waals surface area contributed by atoms with E-state index in [9.17, 15) is 87.2 Å². The average Bonchev–Trinajstić information content (AvgIpc) is 0.833. The van der Waals surface area contributed by atoms with E-state index in [1.807, 2.05) is 112 Å². The molecule has 6 aromatic carbocycles.